The van der Waals surface area contributed by atoms with Gasteiger partial charge in [-0.3, -0.25) is 4.99 Å². The van der Waals surface area contributed by atoms with Gasteiger partial charge in [-0.1, -0.05) is 12.1 Å². The number of fused-ring (bicyclic) bond motifs is 1. The van der Waals surface area contributed by atoms with Crippen molar-refractivity contribution in [2.75, 3.05) is 44.1 Å². The lowest BCUT2D eigenvalue weighted by Crippen LogP contribution is -2.55. The number of rotatable bonds is 3. The van der Waals surface area contributed by atoms with Gasteiger partial charge in [0.05, 0.1) is 30.1 Å². The molecule has 108 valence electrons. The van der Waals surface area contributed by atoms with Gasteiger partial charge in [0, 0.05) is 33.2 Å². The lowest BCUT2D eigenvalue weighted by molar-refractivity contribution is 0.0778. The highest BCUT2D eigenvalue weighted by molar-refractivity contribution is 6.09. The predicted molar refractivity (Wildman–Crippen MR) is 80.6 cm³/mol. The minimum atomic E-state index is -0.125. The summed E-state index contributed by atoms with van der Waals surface area (Å²) in [6.45, 7) is 2.84. The molecule has 0 saturated carbocycles. The van der Waals surface area contributed by atoms with Crippen LogP contribution in [0.25, 0.3) is 0 Å². The summed E-state index contributed by atoms with van der Waals surface area (Å²) in [6.07, 6.45) is 1.86. The van der Waals surface area contributed by atoms with E-state index < -0.39 is 0 Å². The summed E-state index contributed by atoms with van der Waals surface area (Å²) >= 11 is 0. The lowest BCUT2D eigenvalue weighted by Gasteiger charge is -2.43. The molecule has 5 heteroatoms. The van der Waals surface area contributed by atoms with E-state index in [2.05, 4.69) is 22.8 Å². The average molecular weight is 275 g/mol. The van der Waals surface area contributed by atoms with Gasteiger partial charge >= 0.3 is 0 Å². The normalized spacial score (nSPS) is 22.1. The minimum absolute atomic E-state index is 0.125. The average Bonchev–Trinajstić information content (AvgIpc) is 2.49. The highest BCUT2D eigenvalue weighted by atomic mass is 16.5. The van der Waals surface area contributed by atoms with E-state index >= 15 is 0 Å². The van der Waals surface area contributed by atoms with Crippen molar-refractivity contribution in [2.45, 2.75) is 18.4 Å². The number of nitrogens with one attached hydrogen (secondary N) is 2. The number of hydrogen-bond acceptors (Lipinski definition) is 4. The van der Waals surface area contributed by atoms with Crippen LogP contribution in [-0.4, -0.2) is 44.8 Å². The van der Waals surface area contributed by atoms with Gasteiger partial charge in [-0.2, -0.15) is 0 Å². The Morgan fingerprint density at radius 3 is 2.75 bits per heavy atom. The van der Waals surface area contributed by atoms with E-state index in [1.165, 1.54) is 0 Å². The molecule has 2 aliphatic rings. The molecule has 1 saturated heterocycles. The lowest BCUT2D eigenvalue weighted by atomic mass is 9.86. The fourth-order valence-electron chi connectivity index (χ4n) is 2.79. The molecule has 0 amide bonds. The minimum Gasteiger partial charge on any atom is -0.383 e. The second-order valence-corrected chi connectivity index (χ2v) is 5.21. The van der Waals surface area contributed by atoms with Crippen molar-refractivity contribution in [1.29, 1.82) is 0 Å². The van der Waals surface area contributed by atoms with Gasteiger partial charge in [-0.15, -0.1) is 0 Å². The first kappa shape index (κ1) is 13.4. The molecule has 2 heterocycles. The molecule has 0 bridgehead atoms. The summed E-state index contributed by atoms with van der Waals surface area (Å²) in [5, 5.41) is 7.17. The first-order chi connectivity index (χ1) is 9.84. The molecule has 0 aliphatic carbocycles. The zero-order chi connectivity index (χ0) is 13.8. The van der Waals surface area contributed by atoms with Crippen molar-refractivity contribution < 1.29 is 9.47 Å². The van der Waals surface area contributed by atoms with E-state index in [0.29, 0.717) is 13.2 Å². The number of benzene rings is 1. The van der Waals surface area contributed by atoms with Crippen molar-refractivity contribution in [3.63, 3.8) is 0 Å². The molecule has 0 radical (unpaired) electrons. The number of methoxy groups -OCH3 is 1. The van der Waals surface area contributed by atoms with Crippen LogP contribution in [0.2, 0.25) is 0 Å². The zero-order valence-corrected chi connectivity index (χ0v) is 11.8. The standard InChI is InChI=1S/C15H21N3O2/c1-19-11-8-16-14-15(6-9-20-10-7-15)18-13-5-3-2-4-12(13)17-14/h2-5,18H,6-11H2,1H3,(H,16,17). The Morgan fingerprint density at radius 1 is 1.25 bits per heavy atom. The van der Waals surface area contributed by atoms with Crippen molar-refractivity contribution in [1.82, 2.24) is 0 Å². The van der Waals surface area contributed by atoms with Crippen LogP contribution in [0.15, 0.2) is 29.3 Å². The number of aliphatic imine (C=N–C) groups is 1. The first-order valence-electron chi connectivity index (χ1n) is 7.10. The third kappa shape index (κ3) is 2.51. The van der Waals surface area contributed by atoms with Gasteiger partial charge in [0.2, 0.25) is 0 Å². The van der Waals surface area contributed by atoms with E-state index in [4.69, 9.17) is 14.5 Å². The molecule has 2 aliphatic heterocycles. The van der Waals surface area contributed by atoms with Gasteiger partial charge in [0.15, 0.2) is 0 Å². The van der Waals surface area contributed by atoms with E-state index in [1.54, 1.807) is 7.11 Å². The molecule has 20 heavy (non-hydrogen) atoms. The fraction of sp³-hybridized carbons (Fsp3) is 0.533. The molecular formula is C15H21N3O2. The van der Waals surface area contributed by atoms with E-state index in [9.17, 15) is 0 Å². The van der Waals surface area contributed by atoms with Crippen molar-refractivity contribution in [3.8, 4) is 0 Å². The Bertz CT molecular complexity index is 496. The molecule has 1 fully saturated rings. The molecule has 1 spiro atoms. The van der Waals surface area contributed by atoms with Crippen molar-refractivity contribution in [3.05, 3.63) is 24.3 Å². The third-order valence-electron chi connectivity index (χ3n) is 3.92. The summed E-state index contributed by atoms with van der Waals surface area (Å²) in [6, 6.07) is 8.25. The Labute approximate surface area is 119 Å². The highest BCUT2D eigenvalue weighted by Crippen LogP contribution is 2.36. The van der Waals surface area contributed by atoms with Crippen LogP contribution in [0.4, 0.5) is 11.4 Å². The van der Waals surface area contributed by atoms with Crippen molar-refractivity contribution in [2.24, 2.45) is 4.99 Å². The molecule has 1 aromatic carbocycles. The second kappa shape index (κ2) is 5.81. The summed E-state index contributed by atoms with van der Waals surface area (Å²) < 4.78 is 10.6. The van der Waals surface area contributed by atoms with Crippen LogP contribution in [0.3, 0.4) is 0 Å². The number of nitrogens with zero attached hydrogens (tertiary/aromatic N) is 1. The van der Waals surface area contributed by atoms with Crippen LogP contribution >= 0.6 is 0 Å². The monoisotopic (exact) mass is 275 g/mol. The summed E-state index contributed by atoms with van der Waals surface area (Å²) in [5.41, 5.74) is 2.10. The zero-order valence-electron chi connectivity index (χ0n) is 11.8. The number of para-hydroxylation sites is 2. The summed E-state index contributed by atoms with van der Waals surface area (Å²) in [4.78, 5) is 4.71. The van der Waals surface area contributed by atoms with Crippen LogP contribution < -0.4 is 10.6 Å². The number of anilines is 2. The smallest absolute Gasteiger partial charge is 0.127 e. The Hall–Kier alpha value is -1.59. The Kier molecular flexibility index (Phi) is 3.89. The molecule has 0 unspecified atom stereocenters. The number of amidine groups is 1. The van der Waals surface area contributed by atoms with E-state index in [0.717, 1.165) is 43.3 Å². The largest absolute Gasteiger partial charge is 0.383 e. The van der Waals surface area contributed by atoms with Crippen LogP contribution in [0, 0.1) is 0 Å². The third-order valence-corrected chi connectivity index (χ3v) is 3.92. The molecule has 5 nitrogen and oxygen atoms in total. The topological polar surface area (TPSA) is 54.9 Å². The molecule has 3 rings (SSSR count). The molecular weight excluding hydrogens is 254 g/mol. The Morgan fingerprint density at radius 2 is 2.00 bits per heavy atom. The van der Waals surface area contributed by atoms with Gasteiger partial charge in [-0.25, -0.2) is 0 Å². The van der Waals surface area contributed by atoms with Gasteiger partial charge < -0.3 is 20.1 Å². The van der Waals surface area contributed by atoms with Gasteiger partial charge in [0.25, 0.3) is 0 Å². The quantitative estimate of drug-likeness (QED) is 0.830. The number of ether oxygens (including phenoxy) is 2. The van der Waals surface area contributed by atoms with Crippen LogP contribution in [-0.2, 0) is 9.47 Å². The maximum atomic E-state index is 5.51. The molecule has 1 aromatic rings. The summed E-state index contributed by atoms with van der Waals surface area (Å²) in [5.74, 6) is 1.01. The van der Waals surface area contributed by atoms with Crippen LogP contribution in [0.5, 0.6) is 0 Å². The van der Waals surface area contributed by atoms with Gasteiger partial charge in [0.1, 0.15) is 5.84 Å². The maximum absolute atomic E-state index is 5.51. The molecule has 0 aromatic heterocycles. The molecule has 2 N–H and O–H groups in total. The van der Waals surface area contributed by atoms with E-state index in [-0.39, 0.29) is 5.54 Å². The van der Waals surface area contributed by atoms with Gasteiger partial charge in [-0.05, 0) is 12.1 Å². The second-order valence-electron chi connectivity index (χ2n) is 5.21. The number of hydrogen-bond donors (Lipinski definition) is 2. The highest BCUT2D eigenvalue weighted by Gasteiger charge is 2.41. The Balaban J connectivity index is 1.90. The maximum Gasteiger partial charge on any atom is 0.127 e. The first-order valence-corrected chi connectivity index (χ1v) is 7.10. The van der Waals surface area contributed by atoms with Crippen molar-refractivity contribution >= 4 is 17.2 Å². The summed E-state index contributed by atoms with van der Waals surface area (Å²) in [7, 11) is 1.70. The van der Waals surface area contributed by atoms with E-state index in [1.807, 2.05) is 12.1 Å². The fourth-order valence-corrected chi connectivity index (χ4v) is 2.79. The van der Waals surface area contributed by atoms with Crippen LogP contribution in [0.1, 0.15) is 12.8 Å². The molecule has 0 atom stereocenters. The predicted octanol–water partition coefficient (Wildman–Crippen LogP) is 2.12. The SMILES string of the molecule is COCCN=C1Nc2ccccc2NC12CCOCC2.